The Bertz CT molecular complexity index is 1190. The first kappa shape index (κ1) is 20.5. The van der Waals surface area contributed by atoms with Gasteiger partial charge in [0.1, 0.15) is 28.9 Å². The number of hydrogen-bond acceptors (Lipinski definition) is 7. The quantitative estimate of drug-likeness (QED) is 0.469. The molecule has 31 heavy (non-hydrogen) atoms. The minimum atomic E-state index is -0.533. The highest BCUT2D eigenvalue weighted by Crippen LogP contribution is 2.44. The zero-order valence-electron chi connectivity index (χ0n) is 17.0. The maximum absolute atomic E-state index is 12.3. The highest BCUT2D eigenvalue weighted by atomic mass is 32.1. The Morgan fingerprint density at radius 3 is 2.65 bits per heavy atom. The number of ether oxygens (including phenoxy) is 3. The van der Waals surface area contributed by atoms with Crippen LogP contribution in [0.15, 0.2) is 65.4 Å². The second-order valence-corrected chi connectivity index (χ2v) is 8.10. The molecule has 0 radical (unpaired) electrons. The largest absolute Gasteiger partial charge is 0.481 e. The molecule has 0 aliphatic carbocycles. The van der Waals surface area contributed by atoms with Gasteiger partial charge in [-0.3, -0.25) is 0 Å². The van der Waals surface area contributed by atoms with Gasteiger partial charge in [0.15, 0.2) is 6.61 Å². The van der Waals surface area contributed by atoms with Gasteiger partial charge in [-0.25, -0.2) is 4.79 Å². The average Bonchev–Trinajstić information content (AvgIpc) is 3.26. The van der Waals surface area contributed by atoms with Crippen LogP contribution in [-0.2, 0) is 4.79 Å². The Morgan fingerprint density at radius 1 is 1.19 bits per heavy atom. The monoisotopic (exact) mass is 432 g/mol. The molecule has 156 valence electrons. The van der Waals surface area contributed by atoms with Crippen molar-refractivity contribution in [1.29, 1.82) is 5.26 Å². The molecule has 1 aromatic heterocycles. The van der Waals surface area contributed by atoms with Gasteiger partial charge in [0.05, 0.1) is 5.92 Å². The molecule has 0 spiro atoms. The fraction of sp³-hybridized carbons (Fsp3) is 0.167. The fourth-order valence-electron chi connectivity index (χ4n) is 3.57. The van der Waals surface area contributed by atoms with E-state index in [0.29, 0.717) is 22.8 Å². The van der Waals surface area contributed by atoms with Gasteiger partial charge in [0.25, 0.3) is 0 Å². The summed E-state index contributed by atoms with van der Waals surface area (Å²) in [5.74, 6) is 0.646. The predicted molar refractivity (Wildman–Crippen MR) is 117 cm³/mol. The maximum Gasteiger partial charge on any atom is 0.349 e. The van der Waals surface area contributed by atoms with Crippen LogP contribution in [0.2, 0.25) is 0 Å². The van der Waals surface area contributed by atoms with Crippen LogP contribution in [0.3, 0.4) is 0 Å². The lowest BCUT2D eigenvalue weighted by Gasteiger charge is -2.25. The molecule has 0 saturated carbocycles. The number of rotatable bonds is 5. The average molecular weight is 433 g/mol. The molecule has 2 aromatic carbocycles. The van der Waals surface area contributed by atoms with E-state index in [1.165, 1.54) is 11.3 Å². The second-order valence-electron chi connectivity index (χ2n) is 7.12. The Labute approximate surface area is 184 Å². The summed E-state index contributed by atoms with van der Waals surface area (Å²) in [6, 6.07) is 16.9. The lowest BCUT2D eigenvalue weighted by Crippen LogP contribution is -2.21. The third-order valence-corrected chi connectivity index (χ3v) is 5.93. The summed E-state index contributed by atoms with van der Waals surface area (Å²) >= 11 is 1.54. The number of benzene rings is 2. The molecule has 7 heteroatoms. The molecule has 0 bridgehead atoms. The summed E-state index contributed by atoms with van der Waals surface area (Å²) in [4.78, 5) is 13.3. The van der Waals surface area contributed by atoms with Crippen molar-refractivity contribution in [2.24, 2.45) is 5.73 Å². The minimum Gasteiger partial charge on any atom is -0.481 e. The zero-order chi connectivity index (χ0) is 22.0. The van der Waals surface area contributed by atoms with Crippen LogP contribution >= 0.6 is 11.3 Å². The van der Waals surface area contributed by atoms with Crippen LogP contribution in [-0.4, -0.2) is 12.6 Å². The topological polar surface area (TPSA) is 94.6 Å². The number of aryl methyl sites for hydroxylation is 2. The van der Waals surface area contributed by atoms with E-state index < -0.39 is 5.97 Å². The van der Waals surface area contributed by atoms with Crippen molar-refractivity contribution in [3.63, 3.8) is 0 Å². The molecule has 3 aromatic rings. The Balaban J connectivity index is 1.52. The Morgan fingerprint density at radius 2 is 1.97 bits per heavy atom. The number of nitrogens with zero attached hydrogens (tertiary/aromatic N) is 1. The predicted octanol–water partition coefficient (Wildman–Crippen LogP) is 4.57. The number of esters is 1. The van der Waals surface area contributed by atoms with Crippen LogP contribution < -0.4 is 19.9 Å². The van der Waals surface area contributed by atoms with Gasteiger partial charge >= 0.3 is 5.97 Å². The first-order valence-corrected chi connectivity index (χ1v) is 10.5. The number of hydrogen-bond donors (Lipinski definition) is 1. The molecule has 4 rings (SSSR count). The summed E-state index contributed by atoms with van der Waals surface area (Å²) in [7, 11) is 0. The molecule has 2 heterocycles. The molecule has 2 N–H and O–H groups in total. The summed E-state index contributed by atoms with van der Waals surface area (Å²) in [6.45, 7) is 3.62. The SMILES string of the molecule is Cc1cccc(C)c1OCC(=O)Oc1ccc2c(c1)OC(N)=C(C#N)C2c1cccs1. The first-order valence-electron chi connectivity index (χ1n) is 9.62. The third kappa shape index (κ3) is 4.11. The van der Waals surface area contributed by atoms with Crippen molar-refractivity contribution in [3.8, 4) is 23.3 Å². The van der Waals surface area contributed by atoms with E-state index in [9.17, 15) is 10.1 Å². The van der Waals surface area contributed by atoms with E-state index in [-0.39, 0.29) is 18.4 Å². The van der Waals surface area contributed by atoms with Gasteiger partial charge in [0, 0.05) is 16.5 Å². The van der Waals surface area contributed by atoms with Crippen molar-refractivity contribution in [3.05, 3.63) is 86.9 Å². The van der Waals surface area contributed by atoms with E-state index in [2.05, 4.69) is 6.07 Å². The van der Waals surface area contributed by atoms with Gasteiger partial charge in [-0.1, -0.05) is 30.3 Å². The smallest absolute Gasteiger partial charge is 0.349 e. The Kier molecular flexibility index (Phi) is 5.65. The number of para-hydroxylation sites is 1. The van der Waals surface area contributed by atoms with Crippen LogP contribution in [0.1, 0.15) is 27.5 Å². The summed E-state index contributed by atoms with van der Waals surface area (Å²) in [5.41, 5.74) is 9.06. The molecule has 0 amide bonds. The molecule has 1 unspecified atom stereocenters. The van der Waals surface area contributed by atoms with Crippen LogP contribution in [0.25, 0.3) is 0 Å². The molecule has 0 saturated heterocycles. The summed E-state index contributed by atoms with van der Waals surface area (Å²) < 4.78 is 16.8. The minimum absolute atomic E-state index is 0.0511. The summed E-state index contributed by atoms with van der Waals surface area (Å²) in [6.07, 6.45) is 0. The van der Waals surface area contributed by atoms with Gasteiger partial charge in [-0.2, -0.15) is 5.26 Å². The number of carbonyl (C=O) groups excluding carboxylic acids is 1. The Hall–Kier alpha value is -3.76. The van der Waals surface area contributed by atoms with E-state index in [1.54, 1.807) is 18.2 Å². The van der Waals surface area contributed by atoms with Gasteiger partial charge in [0.2, 0.25) is 5.88 Å². The third-order valence-electron chi connectivity index (χ3n) is 4.99. The lowest BCUT2D eigenvalue weighted by molar-refractivity contribution is -0.136. The molecule has 1 aliphatic heterocycles. The second kappa shape index (κ2) is 8.54. The number of allylic oxidation sites excluding steroid dienone is 1. The highest BCUT2D eigenvalue weighted by Gasteiger charge is 2.31. The van der Waals surface area contributed by atoms with Crippen molar-refractivity contribution < 1.29 is 19.0 Å². The van der Waals surface area contributed by atoms with E-state index in [0.717, 1.165) is 21.6 Å². The van der Waals surface area contributed by atoms with Gasteiger partial charge < -0.3 is 19.9 Å². The number of carbonyl (C=O) groups is 1. The first-order chi connectivity index (χ1) is 15.0. The van der Waals surface area contributed by atoms with Crippen molar-refractivity contribution in [2.45, 2.75) is 19.8 Å². The molecular weight excluding hydrogens is 412 g/mol. The molecule has 0 fully saturated rings. The van der Waals surface area contributed by atoms with Crippen molar-refractivity contribution >= 4 is 17.3 Å². The van der Waals surface area contributed by atoms with Crippen LogP contribution in [0, 0.1) is 25.2 Å². The van der Waals surface area contributed by atoms with Crippen LogP contribution in [0.5, 0.6) is 17.2 Å². The lowest BCUT2D eigenvalue weighted by atomic mass is 9.88. The highest BCUT2D eigenvalue weighted by molar-refractivity contribution is 7.10. The molecule has 1 atom stereocenters. The number of fused-ring (bicyclic) bond motifs is 1. The molecule has 6 nitrogen and oxygen atoms in total. The maximum atomic E-state index is 12.3. The van der Waals surface area contributed by atoms with Crippen molar-refractivity contribution in [2.75, 3.05) is 6.61 Å². The van der Waals surface area contributed by atoms with Gasteiger partial charge in [-0.05, 0) is 42.5 Å². The molecule has 1 aliphatic rings. The standard InChI is InChI=1S/C24H20N2O4S/c1-14-5-3-6-15(2)23(14)28-13-21(27)29-16-8-9-17-19(11-16)30-24(26)18(12-25)22(17)20-7-4-10-31-20/h3-11,22H,13,26H2,1-2H3. The summed E-state index contributed by atoms with van der Waals surface area (Å²) in [5, 5.41) is 11.5. The van der Waals surface area contributed by atoms with Crippen LogP contribution in [0.4, 0.5) is 0 Å². The van der Waals surface area contributed by atoms with Gasteiger partial charge in [-0.15, -0.1) is 11.3 Å². The normalized spacial score (nSPS) is 14.9. The zero-order valence-corrected chi connectivity index (χ0v) is 17.9. The van der Waals surface area contributed by atoms with E-state index in [1.807, 2.05) is 49.6 Å². The number of thiophene rings is 1. The van der Waals surface area contributed by atoms with Crippen molar-refractivity contribution in [1.82, 2.24) is 0 Å². The number of nitriles is 1. The van der Waals surface area contributed by atoms with E-state index >= 15 is 0 Å². The van der Waals surface area contributed by atoms with E-state index in [4.69, 9.17) is 19.9 Å². The fourth-order valence-corrected chi connectivity index (χ4v) is 4.42. The molecular formula is C24H20N2O4S. The number of nitrogens with two attached hydrogens (primary N) is 1.